The van der Waals surface area contributed by atoms with Crippen molar-refractivity contribution in [2.45, 2.75) is 26.3 Å². The van der Waals surface area contributed by atoms with Crippen LogP contribution >= 0.6 is 22.6 Å². The minimum Gasteiger partial charge on any atom is -0.365 e. The number of nitrogens with zero attached hydrogens (tertiary/aromatic N) is 4. The Bertz CT molecular complexity index is 1040. The number of carbonyl (C=O) groups excluding carboxylic acids is 1. The predicted molar refractivity (Wildman–Crippen MR) is 121 cm³/mol. The SMILES string of the molecule is Cc1nn(C2CCS(=O)(=O)C2)c(C)c1N1CCN(C(=O)c2ccccc2I)CC1. The quantitative estimate of drug-likeness (QED) is 0.573. The first-order valence-corrected chi connectivity index (χ1v) is 12.7. The van der Waals surface area contributed by atoms with Crippen LogP contribution < -0.4 is 4.90 Å². The fourth-order valence-corrected chi connectivity index (χ4v) is 6.68. The van der Waals surface area contributed by atoms with Gasteiger partial charge in [-0.25, -0.2) is 8.42 Å². The van der Waals surface area contributed by atoms with Crippen LogP contribution in [0.1, 0.15) is 34.2 Å². The zero-order valence-corrected chi connectivity index (χ0v) is 19.6. The molecule has 1 amide bonds. The monoisotopic (exact) mass is 528 g/mol. The second-order valence-corrected chi connectivity index (χ2v) is 11.2. The number of halogens is 1. The summed E-state index contributed by atoms with van der Waals surface area (Å²) in [7, 11) is -2.95. The lowest BCUT2D eigenvalue weighted by Gasteiger charge is -2.36. The van der Waals surface area contributed by atoms with Crippen molar-refractivity contribution >= 4 is 44.0 Å². The Balaban J connectivity index is 1.48. The maximum Gasteiger partial charge on any atom is 0.255 e. The van der Waals surface area contributed by atoms with Gasteiger partial charge in [-0.05, 0) is 55.0 Å². The molecule has 1 atom stereocenters. The van der Waals surface area contributed by atoms with E-state index in [1.807, 2.05) is 47.7 Å². The number of aryl methyl sites for hydroxylation is 1. The van der Waals surface area contributed by atoms with Gasteiger partial charge in [-0.3, -0.25) is 9.48 Å². The summed E-state index contributed by atoms with van der Waals surface area (Å²) < 4.78 is 26.6. The van der Waals surface area contributed by atoms with Crippen LogP contribution in [-0.4, -0.2) is 66.7 Å². The number of benzene rings is 1. The molecule has 156 valence electrons. The highest BCUT2D eigenvalue weighted by Crippen LogP contribution is 2.31. The number of hydrogen-bond donors (Lipinski definition) is 0. The predicted octanol–water partition coefficient (Wildman–Crippen LogP) is 2.43. The van der Waals surface area contributed by atoms with E-state index in [1.54, 1.807) is 0 Å². The molecule has 7 nitrogen and oxygen atoms in total. The van der Waals surface area contributed by atoms with Crippen molar-refractivity contribution in [1.82, 2.24) is 14.7 Å². The van der Waals surface area contributed by atoms with Gasteiger partial charge in [0.15, 0.2) is 9.84 Å². The van der Waals surface area contributed by atoms with Crippen molar-refractivity contribution in [3.05, 3.63) is 44.8 Å². The summed E-state index contributed by atoms with van der Waals surface area (Å²) in [4.78, 5) is 17.1. The highest BCUT2D eigenvalue weighted by Gasteiger charge is 2.33. The molecular weight excluding hydrogens is 503 g/mol. The van der Waals surface area contributed by atoms with E-state index in [0.29, 0.717) is 19.5 Å². The van der Waals surface area contributed by atoms with E-state index in [2.05, 4.69) is 32.6 Å². The van der Waals surface area contributed by atoms with Gasteiger partial charge in [0.1, 0.15) is 0 Å². The number of piperazine rings is 1. The molecule has 0 radical (unpaired) electrons. The molecule has 0 saturated carbocycles. The normalized spacial score (nSPS) is 21.6. The zero-order valence-electron chi connectivity index (χ0n) is 16.6. The van der Waals surface area contributed by atoms with E-state index < -0.39 is 9.84 Å². The molecule has 1 aromatic heterocycles. The maximum absolute atomic E-state index is 12.9. The van der Waals surface area contributed by atoms with Crippen molar-refractivity contribution in [3.8, 4) is 0 Å². The van der Waals surface area contributed by atoms with E-state index in [-0.39, 0.29) is 23.5 Å². The van der Waals surface area contributed by atoms with Crippen molar-refractivity contribution < 1.29 is 13.2 Å². The third-order valence-corrected chi connectivity index (χ3v) is 8.52. The van der Waals surface area contributed by atoms with Crippen molar-refractivity contribution in [1.29, 1.82) is 0 Å². The molecule has 0 aliphatic carbocycles. The van der Waals surface area contributed by atoms with Gasteiger partial charge in [0.25, 0.3) is 5.91 Å². The van der Waals surface area contributed by atoms with Gasteiger partial charge in [-0.15, -0.1) is 0 Å². The number of aromatic nitrogens is 2. The zero-order chi connectivity index (χ0) is 20.8. The fourth-order valence-electron chi connectivity index (χ4n) is 4.37. The number of amides is 1. The minimum absolute atomic E-state index is 0.0736. The van der Waals surface area contributed by atoms with E-state index >= 15 is 0 Å². The number of carbonyl (C=O) groups is 1. The molecule has 1 aromatic carbocycles. The van der Waals surface area contributed by atoms with E-state index in [4.69, 9.17) is 0 Å². The lowest BCUT2D eigenvalue weighted by atomic mass is 10.1. The second kappa shape index (κ2) is 7.90. The Morgan fingerprint density at radius 3 is 2.45 bits per heavy atom. The van der Waals surface area contributed by atoms with Gasteiger partial charge in [0, 0.05) is 29.7 Å². The highest BCUT2D eigenvalue weighted by molar-refractivity contribution is 14.1. The van der Waals surface area contributed by atoms with Crippen molar-refractivity contribution in [2.24, 2.45) is 0 Å². The first-order valence-electron chi connectivity index (χ1n) is 9.82. The largest absolute Gasteiger partial charge is 0.365 e. The number of hydrogen-bond acceptors (Lipinski definition) is 5. The molecule has 0 N–H and O–H groups in total. The van der Waals surface area contributed by atoms with Crippen LogP contribution in [0.2, 0.25) is 0 Å². The van der Waals surface area contributed by atoms with Crippen LogP contribution in [-0.2, 0) is 9.84 Å². The second-order valence-electron chi connectivity index (χ2n) is 7.78. The Kier molecular flexibility index (Phi) is 5.62. The third-order valence-electron chi connectivity index (χ3n) is 5.83. The standard InChI is InChI=1S/C20H25IN4O3S/c1-14-19(15(2)25(22-14)16-7-12-29(27,28)13-16)23-8-10-24(11-9-23)20(26)17-5-3-4-6-18(17)21/h3-6,16H,7-13H2,1-2H3. The molecule has 1 unspecified atom stereocenters. The summed E-state index contributed by atoms with van der Waals surface area (Å²) in [6.45, 7) is 6.80. The van der Waals surface area contributed by atoms with Crippen LogP contribution in [0.5, 0.6) is 0 Å². The Hall–Kier alpha value is -1.62. The Labute approximate surface area is 185 Å². The summed E-state index contributed by atoms with van der Waals surface area (Å²) in [5, 5.41) is 4.68. The number of sulfone groups is 1. The molecule has 2 saturated heterocycles. The van der Waals surface area contributed by atoms with Crippen LogP contribution in [0.4, 0.5) is 5.69 Å². The van der Waals surface area contributed by atoms with E-state index in [9.17, 15) is 13.2 Å². The first kappa shape index (κ1) is 20.6. The molecule has 3 heterocycles. The van der Waals surface area contributed by atoms with Crippen molar-refractivity contribution in [3.63, 3.8) is 0 Å². The molecule has 0 bridgehead atoms. The lowest BCUT2D eigenvalue weighted by Crippen LogP contribution is -2.49. The van der Waals surface area contributed by atoms with Gasteiger partial charge in [-0.2, -0.15) is 5.10 Å². The molecule has 2 aromatic rings. The summed E-state index contributed by atoms with van der Waals surface area (Å²) in [5.41, 5.74) is 3.77. The molecule has 29 heavy (non-hydrogen) atoms. The number of anilines is 1. The highest BCUT2D eigenvalue weighted by atomic mass is 127. The molecule has 4 rings (SSSR count). The third kappa shape index (κ3) is 4.03. The van der Waals surface area contributed by atoms with Gasteiger partial charge < -0.3 is 9.80 Å². The molecule has 0 spiro atoms. The fraction of sp³-hybridized carbons (Fsp3) is 0.500. The minimum atomic E-state index is -2.95. The smallest absolute Gasteiger partial charge is 0.255 e. The summed E-state index contributed by atoms with van der Waals surface area (Å²) in [5.74, 6) is 0.492. The Morgan fingerprint density at radius 2 is 1.83 bits per heavy atom. The Morgan fingerprint density at radius 1 is 1.14 bits per heavy atom. The van der Waals surface area contributed by atoms with Crippen LogP contribution in [0.25, 0.3) is 0 Å². The van der Waals surface area contributed by atoms with Gasteiger partial charge in [0.05, 0.1) is 40.2 Å². The molecule has 2 aliphatic rings. The first-order chi connectivity index (χ1) is 13.8. The van der Waals surface area contributed by atoms with E-state index in [0.717, 1.165) is 39.3 Å². The molecule has 9 heteroatoms. The molecule has 2 fully saturated rings. The summed E-state index contributed by atoms with van der Waals surface area (Å²) >= 11 is 2.21. The topological polar surface area (TPSA) is 75.5 Å². The van der Waals surface area contributed by atoms with Crippen LogP contribution in [0.15, 0.2) is 24.3 Å². The van der Waals surface area contributed by atoms with Crippen LogP contribution in [0, 0.1) is 17.4 Å². The lowest BCUT2D eigenvalue weighted by molar-refractivity contribution is 0.0745. The van der Waals surface area contributed by atoms with E-state index in [1.165, 1.54) is 0 Å². The summed E-state index contributed by atoms with van der Waals surface area (Å²) in [6.07, 6.45) is 0.627. The maximum atomic E-state index is 12.9. The van der Waals surface area contributed by atoms with Gasteiger partial charge in [0.2, 0.25) is 0 Å². The molecule has 2 aliphatic heterocycles. The van der Waals surface area contributed by atoms with Crippen LogP contribution in [0.3, 0.4) is 0 Å². The summed E-state index contributed by atoms with van der Waals surface area (Å²) in [6, 6.07) is 7.60. The number of rotatable bonds is 3. The molecular formula is C20H25IN4O3S. The average Bonchev–Trinajstić information content (AvgIpc) is 3.20. The van der Waals surface area contributed by atoms with Crippen molar-refractivity contribution in [2.75, 3.05) is 42.6 Å². The average molecular weight is 528 g/mol. The van der Waals surface area contributed by atoms with Gasteiger partial charge in [-0.1, -0.05) is 12.1 Å². The van der Waals surface area contributed by atoms with Gasteiger partial charge >= 0.3 is 0 Å².